The van der Waals surface area contributed by atoms with Gasteiger partial charge in [-0.1, -0.05) is 31.5 Å². The van der Waals surface area contributed by atoms with Crippen molar-refractivity contribution in [3.8, 4) is 0 Å². The van der Waals surface area contributed by atoms with Gasteiger partial charge in [0.05, 0.1) is 23.1 Å². The number of hydrogen-bond acceptors (Lipinski definition) is 3. The molecule has 19 heavy (non-hydrogen) atoms. The molecule has 0 spiro atoms. The number of carbonyl (C=O) groups is 1. The molecular weight excluding hydrogens is 260 g/mol. The quantitative estimate of drug-likeness (QED) is 0.760. The number of methoxy groups -OCH3 is 1. The van der Waals surface area contributed by atoms with E-state index < -0.39 is 5.41 Å². The van der Waals surface area contributed by atoms with E-state index >= 15 is 0 Å². The molecular formula is C14H26N2O2S. The molecule has 0 bridgehead atoms. The molecule has 5 heteroatoms. The molecule has 2 N–H and O–H groups in total. The highest BCUT2D eigenvalue weighted by Gasteiger charge is 2.45. The first-order valence-electron chi connectivity index (χ1n) is 7.09. The van der Waals surface area contributed by atoms with Crippen molar-refractivity contribution in [2.45, 2.75) is 52.0 Å². The number of rotatable bonds is 6. The first kappa shape index (κ1) is 16.4. The largest absolute Gasteiger partial charge is 0.392 e. The van der Waals surface area contributed by atoms with Gasteiger partial charge in [0.25, 0.3) is 0 Å². The zero-order chi connectivity index (χ0) is 14.5. The van der Waals surface area contributed by atoms with Gasteiger partial charge in [0.2, 0.25) is 5.91 Å². The second-order valence-corrected chi connectivity index (χ2v) is 5.84. The summed E-state index contributed by atoms with van der Waals surface area (Å²) in [5.41, 5.74) is 5.30. The Hall–Kier alpha value is -0.680. The van der Waals surface area contributed by atoms with Crippen molar-refractivity contribution in [3.05, 3.63) is 0 Å². The van der Waals surface area contributed by atoms with Crippen LogP contribution in [0, 0.1) is 5.41 Å². The number of likely N-dealkylation sites (N-methyl/N-ethyl adjacent to an activating group) is 1. The highest BCUT2D eigenvalue weighted by atomic mass is 32.1. The van der Waals surface area contributed by atoms with Crippen LogP contribution < -0.4 is 5.73 Å². The lowest BCUT2D eigenvalue weighted by Gasteiger charge is -2.40. The lowest BCUT2D eigenvalue weighted by atomic mass is 9.72. The molecule has 0 aromatic carbocycles. The van der Waals surface area contributed by atoms with Crippen LogP contribution in [0.15, 0.2) is 0 Å². The summed E-state index contributed by atoms with van der Waals surface area (Å²) in [5, 5.41) is 0. The van der Waals surface area contributed by atoms with Crippen molar-refractivity contribution >= 4 is 23.1 Å². The first-order chi connectivity index (χ1) is 8.99. The van der Waals surface area contributed by atoms with E-state index in [9.17, 15) is 4.79 Å². The molecule has 0 saturated heterocycles. The first-order valence-corrected chi connectivity index (χ1v) is 7.50. The van der Waals surface area contributed by atoms with Crippen molar-refractivity contribution < 1.29 is 9.53 Å². The van der Waals surface area contributed by atoms with Crippen molar-refractivity contribution in [1.82, 2.24) is 4.90 Å². The Bertz CT molecular complexity index is 327. The van der Waals surface area contributed by atoms with E-state index in [1.807, 2.05) is 18.7 Å². The SMILES string of the molecule is CCN(C(=O)C1(C(N)=S)CCCCC1)C(C)COC. The second-order valence-electron chi connectivity index (χ2n) is 5.40. The molecule has 1 unspecified atom stereocenters. The minimum absolute atomic E-state index is 0.0515. The van der Waals surface area contributed by atoms with Gasteiger partial charge < -0.3 is 15.4 Å². The molecule has 1 fully saturated rings. The van der Waals surface area contributed by atoms with E-state index in [2.05, 4.69) is 0 Å². The zero-order valence-corrected chi connectivity index (χ0v) is 13.1. The van der Waals surface area contributed by atoms with Gasteiger partial charge in [-0.25, -0.2) is 0 Å². The van der Waals surface area contributed by atoms with Gasteiger partial charge in [0, 0.05) is 13.7 Å². The monoisotopic (exact) mass is 286 g/mol. The number of nitrogens with zero attached hydrogens (tertiary/aromatic N) is 1. The summed E-state index contributed by atoms with van der Waals surface area (Å²) in [4.78, 5) is 15.1. The minimum atomic E-state index is -0.619. The summed E-state index contributed by atoms with van der Waals surface area (Å²) in [6.45, 7) is 5.18. The van der Waals surface area contributed by atoms with E-state index in [1.165, 1.54) is 0 Å². The molecule has 110 valence electrons. The van der Waals surface area contributed by atoms with E-state index in [-0.39, 0.29) is 11.9 Å². The Labute approximate surface area is 121 Å². The summed E-state index contributed by atoms with van der Waals surface area (Å²) in [5.74, 6) is 0.0896. The molecule has 0 aromatic rings. The van der Waals surface area contributed by atoms with Gasteiger partial charge in [-0.15, -0.1) is 0 Å². The van der Waals surface area contributed by atoms with E-state index in [0.717, 1.165) is 32.1 Å². The number of hydrogen-bond donors (Lipinski definition) is 1. The number of thiocarbonyl (C=S) groups is 1. The third kappa shape index (κ3) is 3.45. The van der Waals surface area contributed by atoms with Crippen molar-refractivity contribution in [2.24, 2.45) is 11.1 Å². The second kappa shape index (κ2) is 7.20. The Morgan fingerprint density at radius 3 is 2.42 bits per heavy atom. The van der Waals surface area contributed by atoms with Gasteiger partial charge in [-0.2, -0.15) is 0 Å². The molecule has 4 nitrogen and oxygen atoms in total. The van der Waals surface area contributed by atoms with Crippen LogP contribution in [0.1, 0.15) is 46.0 Å². The predicted octanol–water partition coefficient (Wildman–Crippen LogP) is 2.11. The summed E-state index contributed by atoms with van der Waals surface area (Å²) in [6.07, 6.45) is 4.80. The molecule has 0 heterocycles. The van der Waals surface area contributed by atoms with Gasteiger partial charge in [0.1, 0.15) is 0 Å². The van der Waals surface area contributed by atoms with Crippen LogP contribution >= 0.6 is 12.2 Å². The maximum absolute atomic E-state index is 12.9. The normalized spacial score (nSPS) is 19.7. The van der Waals surface area contributed by atoms with Crippen LogP contribution in [-0.4, -0.2) is 42.1 Å². The maximum atomic E-state index is 12.9. The van der Waals surface area contributed by atoms with Crippen LogP contribution in [0.5, 0.6) is 0 Å². The molecule has 1 amide bonds. The van der Waals surface area contributed by atoms with Crippen LogP contribution in [0.4, 0.5) is 0 Å². The highest BCUT2D eigenvalue weighted by molar-refractivity contribution is 7.80. The minimum Gasteiger partial charge on any atom is -0.392 e. The molecule has 0 aliphatic heterocycles. The van der Waals surface area contributed by atoms with Crippen LogP contribution in [-0.2, 0) is 9.53 Å². The number of ether oxygens (including phenoxy) is 1. The molecule has 0 radical (unpaired) electrons. The van der Waals surface area contributed by atoms with Gasteiger partial charge in [-0.05, 0) is 26.7 Å². The average Bonchev–Trinajstić information content (AvgIpc) is 2.40. The van der Waals surface area contributed by atoms with Crippen LogP contribution in [0.3, 0.4) is 0 Å². The Kier molecular flexibility index (Phi) is 6.20. The maximum Gasteiger partial charge on any atom is 0.235 e. The Morgan fingerprint density at radius 2 is 2.00 bits per heavy atom. The van der Waals surface area contributed by atoms with Crippen LogP contribution in [0.2, 0.25) is 0 Å². The van der Waals surface area contributed by atoms with Gasteiger partial charge >= 0.3 is 0 Å². The standard InChI is InChI=1S/C14H26N2O2S/c1-4-16(11(2)10-18-3)13(17)14(12(15)19)8-6-5-7-9-14/h11H,4-10H2,1-3H3,(H2,15,19). The zero-order valence-electron chi connectivity index (χ0n) is 12.3. The highest BCUT2D eigenvalue weighted by Crippen LogP contribution is 2.38. The lowest BCUT2D eigenvalue weighted by molar-refractivity contribution is -0.142. The smallest absolute Gasteiger partial charge is 0.235 e. The van der Waals surface area contributed by atoms with Crippen molar-refractivity contribution in [2.75, 3.05) is 20.3 Å². The predicted molar refractivity (Wildman–Crippen MR) is 81.0 cm³/mol. The summed E-state index contributed by atoms with van der Waals surface area (Å²) in [7, 11) is 1.65. The molecule has 1 aliphatic rings. The number of amides is 1. The van der Waals surface area contributed by atoms with E-state index in [4.69, 9.17) is 22.7 Å². The van der Waals surface area contributed by atoms with Gasteiger partial charge in [0.15, 0.2) is 0 Å². The fraction of sp³-hybridized carbons (Fsp3) is 0.857. The summed E-state index contributed by atoms with van der Waals surface area (Å²) < 4.78 is 5.16. The van der Waals surface area contributed by atoms with E-state index in [0.29, 0.717) is 18.1 Å². The van der Waals surface area contributed by atoms with Crippen molar-refractivity contribution in [3.63, 3.8) is 0 Å². The molecule has 1 atom stereocenters. The molecule has 1 aliphatic carbocycles. The molecule has 0 aromatic heterocycles. The lowest BCUT2D eigenvalue weighted by Crippen LogP contribution is -2.54. The number of nitrogens with two attached hydrogens (primary N) is 1. The summed E-state index contributed by atoms with van der Waals surface area (Å²) in [6, 6.07) is 0.0515. The fourth-order valence-electron chi connectivity index (χ4n) is 2.98. The Morgan fingerprint density at radius 1 is 1.42 bits per heavy atom. The van der Waals surface area contributed by atoms with Gasteiger partial charge in [-0.3, -0.25) is 4.79 Å². The fourth-order valence-corrected chi connectivity index (χ4v) is 3.27. The third-order valence-corrected chi connectivity index (χ3v) is 4.52. The topological polar surface area (TPSA) is 55.6 Å². The van der Waals surface area contributed by atoms with Crippen LogP contribution in [0.25, 0.3) is 0 Å². The molecule has 1 rings (SSSR count). The third-order valence-electron chi connectivity index (χ3n) is 4.13. The number of carbonyl (C=O) groups excluding carboxylic acids is 1. The average molecular weight is 286 g/mol. The Balaban J connectivity index is 2.94. The van der Waals surface area contributed by atoms with Crippen molar-refractivity contribution in [1.29, 1.82) is 0 Å². The summed E-state index contributed by atoms with van der Waals surface area (Å²) >= 11 is 5.22. The molecule has 1 saturated carbocycles. The van der Waals surface area contributed by atoms with E-state index in [1.54, 1.807) is 7.11 Å².